The van der Waals surface area contributed by atoms with Gasteiger partial charge in [-0.15, -0.1) is 0 Å². The first-order valence-corrected chi connectivity index (χ1v) is 28.2. The van der Waals surface area contributed by atoms with Gasteiger partial charge in [-0.25, -0.2) is 0 Å². The van der Waals surface area contributed by atoms with Gasteiger partial charge in [0, 0.05) is 50.6 Å². The van der Waals surface area contributed by atoms with Crippen molar-refractivity contribution in [2.75, 3.05) is 14.7 Å². The number of aryl methyl sites for hydroxylation is 1. The summed E-state index contributed by atoms with van der Waals surface area (Å²) in [5.41, 5.74) is 27.3. The molecule has 9 aromatic carbocycles. The maximum absolute atomic E-state index is 2.92. The predicted octanol–water partition coefficient (Wildman–Crippen LogP) is 16.6. The Hall–Kier alpha value is -7.56. The minimum atomic E-state index is -0.376. The Balaban J connectivity index is 1.08. The van der Waals surface area contributed by atoms with E-state index in [0.29, 0.717) is 0 Å². The average Bonchev–Trinajstić information content (AvgIpc) is 4.02. The van der Waals surface area contributed by atoms with Gasteiger partial charge in [0.05, 0.1) is 11.1 Å². The van der Waals surface area contributed by atoms with Gasteiger partial charge >= 0.3 is 0 Å². The molecular weight excluding hydrogens is 918 g/mol. The van der Waals surface area contributed by atoms with Crippen molar-refractivity contribution in [1.29, 1.82) is 0 Å². The standard InChI is InChI=1S/C72H66BN3/c1-68(2,3)54-43-59-67-61(44-54)73-60-34-32-53(49-26-15-10-16-27-49)42-63(60)74(55-30-21-29-51(40-55)47-22-11-8-12-23-47)64-45-56(46-65(66(64)73)76(67)72(7)57-31-18-17-28-50(57)36-39-70(59,72)5)75-62-35-33-52(48-24-13-9-14-25-48)41-58(62)69(4)37-19-20-38-71(69,75)6/h8-18,21-35,40-46H,19-20,36-39H2,1-7H3. The van der Waals surface area contributed by atoms with Crippen LogP contribution in [0.25, 0.3) is 33.4 Å². The van der Waals surface area contributed by atoms with Gasteiger partial charge in [0.1, 0.15) is 0 Å². The van der Waals surface area contributed by atoms with E-state index in [2.05, 4.69) is 263 Å². The summed E-state index contributed by atoms with van der Waals surface area (Å²) in [4.78, 5) is 8.44. The molecule has 2 aliphatic carbocycles. The van der Waals surface area contributed by atoms with Gasteiger partial charge in [-0.05, 0) is 165 Å². The zero-order valence-corrected chi connectivity index (χ0v) is 45.2. The van der Waals surface area contributed by atoms with E-state index >= 15 is 0 Å². The van der Waals surface area contributed by atoms with Crippen molar-refractivity contribution < 1.29 is 0 Å². The molecule has 0 bridgehead atoms. The minimum Gasteiger partial charge on any atom is -0.334 e. The van der Waals surface area contributed by atoms with Crippen molar-refractivity contribution in [2.45, 2.75) is 114 Å². The normalized spacial score (nSPS) is 23.2. The molecule has 6 aliphatic rings. The second kappa shape index (κ2) is 16.0. The fourth-order valence-corrected chi connectivity index (χ4v) is 16.0. The Morgan fingerprint density at radius 1 is 0.421 bits per heavy atom. The lowest BCUT2D eigenvalue weighted by atomic mass is 9.33. The van der Waals surface area contributed by atoms with E-state index in [9.17, 15) is 0 Å². The average molecular weight is 984 g/mol. The van der Waals surface area contributed by atoms with Gasteiger partial charge in [0.15, 0.2) is 0 Å². The fourth-order valence-electron chi connectivity index (χ4n) is 16.0. The summed E-state index contributed by atoms with van der Waals surface area (Å²) in [6, 6.07) is 77.3. The third-order valence-electron chi connectivity index (χ3n) is 20.4. The molecule has 0 aromatic heterocycles. The molecule has 0 spiro atoms. The molecule has 3 nitrogen and oxygen atoms in total. The Morgan fingerprint density at radius 2 is 1.04 bits per heavy atom. The zero-order chi connectivity index (χ0) is 51.5. The lowest BCUT2D eigenvalue weighted by molar-refractivity contribution is 0.195. The van der Waals surface area contributed by atoms with Crippen molar-refractivity contribution in [1.82, 2.24) is 0 Å². The predicted molar refractivity (Wildman–Crippen MR) is 322 cm³/mol. The van der Waals surface area contributed by atoms with Gasteiger partial charge in [0.2, 0.25) is 0 Å². The first kappa shape index (κ1) is 45.8. The number of anilines is 7. The summed E-state index contributed by atoms with van der Waals surface area (Å²) >= 11 is 0. The molecule has 0 saturated heterocycles. The fraction of sp³-hybridized carbons (Fsp3) is 0.250. The van der Waals surface area contributed by atoms with Gasteiger partial charge < -0.3 is 14.7 Å². The quantitative estimate of drug-likeness (QED) is 0.159. The first-order chi connectivity index (χ1) is 36.8. The number of benzene rings is 9. The van der Waals surface area contributed by atoms with Crippen LogP contribution in [0.4, 0.5) is 39.8 Å². The number of fused-ring (bicyclic) bond motifs is 12. The van der Waals surface area contributed by atoms with Crippen LogP contribution in [0.2, 0.25) is 0 Å². The zero-order valence-electron chi connectivity index (χ0n) is 45.2. The highest BCUT2D eigenvalue weighted by atomic mass is 15.3. The van der Waals surface area contributed by atoms with Crippen molar-refractivity contribution in [3.8, 4) is 33.4 Å². The SMILES string of the molecule is CC(C)(C)c1cc2c3c(c1)C1(C)CCc4ccccc4C1(C)N3c1cc(N3c4ccc(-c5ccccc5)cc4C4(C)CCCCC34C)cc3c1B2c1ccc(-c2ccccc2)cc1N3c1cccc(-c2ccccc2)c1. The molecule has 1 saturated carbocycles. The number of hydrogen-bond acceptors (Lipinski definition) is 3. The molecule has 4 heterocycles. The molecule has 4 heteroatoms. The smallest absolute Gasteiger partial charge is 0.252 e. The molecule has 76 heavy (non-hydrogen) atoms. The molecular formula is C72H66BN3. The highest BCUT2D eigenvalue weighted by Gasteiger charge is 2.64. The van der Waals surface area contributed by atoms with E-state index in [1.54, 1.807) is 0 Å². The van der Waals surface area contributed by atoms with Crippen molar-refractivity contribution in [3.05, 3.63) is 228 Å². The summed E-state index contributed by atoms with van der Waals surface area (Å²) in [5, 5.41) is 0. The third-order valence-corrected chi connectivity index (χ3v) is 20.4. The van der Waals surface area contributed by atoms with Crippen LogP contribution in [0.3, 0.4) is 0 Å². The lowest BCUT2D eigenvalue weighted by Crippen LogP contribution is -2.64. The lowest BCUT2D eigenvalue weighted by Gasteiger charge is -2.54. The van der Waals surface area contributed by atoms with E-state index in [1.807, 2.05) is 0 Å². The monoisotopic (exact) mass is 984 g/mol. The molecule has 0 amide bonds. The number of hydrogen-bond donors (Lipinski definition) is 0. The molecule has 15 rings (SSSR count). The second-order valence-electron chi connectivity index (χ2n) is 25.1. The molecule has 9 aromatic rings. The van der Waals surface area contributed by atoms with E-state index in [0.717, 1.165) is 25.7 Å². The van der Waals surface area contributed by atoms with Crippen LogP contribution >= 0.6 is 0 Å². The highest BCUT2D eigenvalue weighted by molar-refractivity contribution is 7.00. The van der Waals surface area contributed by atoms with E-state index in [-0.39, 0.29) is 34.0 Å². The van der Waals surface area contributed by atoms with Gasteiger partial charge in [-0.2, -0.15) is 0 Å². The van der Waals surface area contributed by atoms with Crippen LogP contribution < -0.4 is 31.1 Å². The number of nitrogens with zero attached hydrogens (tertiary/aromatic N) is 3. The molecule has 0 N–H and O–H groups in total. The maximum Gasteiger partial charge on any atom is 0.252 e. The molecule has 4 unspecified atom stereocenters. The van der Waals surface area contributed by atoms with Gasteiger partial charge in [-0.3, -0.25) is 0 Å². The Morgan fingerprint density at radius 3 is 1.75 bits per heavy atom. The van der Waals surface area contributed by atoms with E-state index in [1.165, 1.54) is 130 Å². The molecule has 4 aliphatic heterocycles. The minimum absolute atomic E-state index is 0.00263. The van der Waals surface area contributed by atoms with Crippen LogP contribution in [-0.4, -0.2) is 12.3 Å². The van der Waals surface area contributed by atoms with E-state index < -0.39 is 0 Å². The maximum atomic E-state index is 2.92. The van der Waals surface area contributed by atoms with Crippen molar-refractivity contribution in [2.24, 2.45) is 0 Å². The Labute approximate surface area is 451 Å². The second-order valence-corrected chi connectivity index (χ2v) is 25.1. The van der Waals surface area contributed by atoms with Crippen LogP contribution in [0.5, 0.6) is 0 Å². The van der Waals surface area contributed by atoms with Crippen LogP contribution in [0.1, 0.15) is 108 Å². The largest absolute Gasteiger partial charge is 0.334 e. The van der Waals surface area contributed by atoms with Gasteiger partial charge in [-0.1, -0.05) is 205 Å². The summed E-state index contributed by atoms with van der Waals surface area (Å²) in [5.74, 6) is 0. The van der Waals surface area contributed by atoms with Gasteiger partial charge in [0.25, 0.3) is 6.71 Å². The Kier molecular flexibility index (Phi) is 9.64. The topological polar surface area (TPSA) is 9.72 Å². The van der Waals surface area contributed by atoms with Crippen LogP contribution in [0, 0.1) is 0 Å². The van der Waals surface area contributed by atoms with Crippen LogP contribution in [0.15, 0.2) is 200 Å². The molecule has 372 valence electrons. The summed E-state index contributed by atoms with van der Waals surface area (Å²) in [6.45, 7) is 17.7. The van der Waals surface area contributed by atoms with Crippen molar-refractivity contribution >= 4 is 62.9 Å². The molecule has 4 atom stereocenters. The summed E-state index contributed by atoms with van der Waals surface area (Å²) < 4.78 is 0. The van der Waals surface area contributed by atoms with E-state index in [4.69, 9.17) is 0 Å². The summed E-state index contributed by atoms with van der Waals surface area (Å²) in [6.07, 6.45) is 6.87. The third kappa shape index (κ3) is 6.07. The van der Waals surface area contributed by atoms with Crippen LogP contribution in [-0.2, 0) is 28.2 Å². The first-order valence-electron chi connectivity index (χ1n) is 28.2. The molecule has 1 fully saturated rings. The van der Waals surface area contributed by atoms with Crippen molar-refractivity contribution in [3.63, 3.8) is 0 Å². The highest BCUT2D eigenvalue weighted by Crippen LogP contribution is 2.67. The number of rotatable bonds is 5. The molecule has 0 radical (unpaired) electrons. The Bertz CT molecular complexity index is 3860. The summed E-state index contributed by atoms with van der Waals surface area (Å²) in [7, 11) is 0.